The molecule has 0 aliphatic carbocycles. The molecule has 29 heavy (non-hydrogen) atoms. The highest BCUT2D eigenvalue weighted by Crippen LogP contribution is 2.15. The molecular formula is C23H26N4O2. The highest BCUT2D eigenvalue weighted by molar-refractivity contribution is 5.82. The number of para-hydroxylation sites is 1. The van der Waals surface area contributed by atoms with Crippen LogP contribution in [0.25, 0.3) is 10.9 Å². The number of nitrogens with zero attached hydrogens (tertiary/aromatic N) is 3. The van der Waals surface area contributed by atoms with Gasteiger partial charge in [0, 0.05) is 48.7 Å². The zero-order valence-electron chi connectivity index (χ0n) is 16.7. The van der Waals surface area contributed by atoms with Crippen molar-refractivity contribution in [3.63, 3.8) is 0 Å². The maximum Gasteiger partial charge on any atom is 0.240 e. The van der Waals surface area contributed by atoms with Gasteiger partial charge in [0.2, 0.25) is 5.91 Å². The van der Waals surface area contributed by atoms with Crippen LogP contribution in [0.15, 0.2) is 59.7 Å². The Balaban J connectivity index is 1.42. The first-order valence-electron chi connectivity index (χ1n) is 10.1. The summed E-state index contributed by atoms with van der Waals surface area (Å²) in [5, 5.41) is 3.84. The van der Waals surface area contributed by atoms with E-state index in [1.165, 1.54) is 5.56 Å². The minimum Gasteiger partial charge on any atom is -0.351 e. The first-order valence-corrected chi connectivity index (χ1v) is 10.1. The number of likely N-dealkylation sites (tertiary alicyclic amines) is 1. The summed E-state index contributed by atoms with van der Waals surface area (Å²) < 4.78 is 1.92. The van der Waals surface area contributed by atoms with Gasteiger partial charge in [0.1, 0.15) is 6.54 Å². The van der Waals surface area contributed by atoms with E-state index >= 15 is 0 Å². The summed E-state index contributed by atoms with van der Waals surface area (Å²) in [5.74, 6) is -0.0184. The fraction of sp³-hybridized carbons (Fsp3) is 0.348. The molecule has 1 amide bonds. The Labute approximate surface area is 170 Å². The van der Waals surface area contributed by atoms with Crippen molar-refractivity contribution in [2.45, 2.75) is 38.9 Å². The van der Waals surface area contributed by atoms with Crippen LogP contribution in [0.1, 0.15) is 24.1 Å². The quantitative estimate of drug-likeness (QED) is 0.727. The second kappa shape index (κ2) is 8.57. The number of hydrogen-bond donors (Lipinski definition) is 1. The second-order valence-corrected chi connectivity index (χ2v) is 7.76. The molecule has 0 saturated carbocycles. The number of amides is 1. The van der Waals surface area contributed by atoms with Crippen molar-refractivity contribution in [1.29, 1.82) is 0 Å². The molecule has 0 radical (unpaired) electrons. The van der Waals surface area contributed by atoms with Gasteiger partial charge in [-0.25, -0.2) is 0 Å². The van der Waals surface area contributed by atoms with Crippen LogP contribution in [0.5, 0.6) is 0 Å². The van der Waals surface area contributed by atoms with E-state index in [2.05, 4.69) is 21.3 Å². The SMILES string of the molecule is Cc1cc(=O)c2ccccc2n1CC(=O)N[C@H]1CCCN(Cc2cccnc2)C1. The number of carbonyl (C=O) groups is 1. The Morgan fingerprint density at radius 3 is 2.93 bits per heavy atom. The molecule has 4 rings (SSSR count). The van der Waals surface area contributed by atoms with Crippen LogP contribution in [0.3, 0.4) is 0 Å². The number of rotatable bonds is 5. The van der Waals surface area contributed by atoms with Gasteiger partial charge in [-0.05, 0) is 50.1 Å². The normalized spacial score (nSPS) is 17.3. The lowest BCUT2D eigenvalue weighted by Crippen LogP contribution is -2.48. The van der Waals surface area contributed by atoms with Crippen molar-refractivity contribution in [3.05, 3.63) is 76.3 Å². The van der Waals surface area contributed by atoms with Gasteiger partial charge >= 0.3 is 0 Å². The molecule has 6 heteroatoms. The monoisotopic (exact) mass is 390 g/mol. The first kappa shape index (κ1) is 19.3. The van der Waals surface area contributed by atoms with Crippen molar-refractivity contribution in [1.82, 2.24) is 19.8 Å². The summed E-state index contributed by atoms with van der Waals surface area (Å²) >= 11 is 0. The second-order valence-electron chi connectivity index (χ2n) is 7.76. The number of nitrogens with one attached hydrogen (secondary N) is 1. The topological polar surface area (TPSA) is 67.2 Å². The molecule has 3 heterocycles. The molecule has 1 aromatic carbocycles. The van der Waals surface area contributed by atoms with E-state index in [1.807, 2.05) is 48.0 Å². The minimum atomic E-state index is -0.0184. The lowest BCUT2D eigenvalue weighted by molar-refractivity contribution is -0.122. The van der Waals surface area contributed by atoms with E-state index in [-0.39, 0.29) is 23.9 Å². The van der Waals surface area contributed by atoms with Gasteiger partial charge in [0.05, 0.1) is 5.52 Å². The molecule has 1 saturated heterocycles. The summed E-state index contributed by atoms with van der Waals surface area (Å²) in [7, 11) is 0. The maximum absolute atomic E-state index is 12.8. The third kappa shape index (κ3) is 4.54. The minimum absolute atomic E-state index is 0.00641. The highest BCUT2D eigenvalue weighted by Gasteiger charge is 2.22. The third-order valence-electron chi connectivity index (χ3n) is 5.53. The Kier molecular flexibility index (Phi) is 5.71. The average molecular weight is 390 g/mol. The van der Waals surface area contributed by atoms with Gasteiger partial charge in [0.15, 0.2) is 5.43 Å². The fourth-order valence-electron chi connectivity index (χ4n) is 4.15. The van der Waals surface area contributed by atoms with Gasteiger partial charge in [-0.3, -0.25) is 19.5 Å². The van der Waals surface area contributed by atoms with Crippen LogP contribution in [-0.2, 0) is 17.9 Å². The van der Waals surface area contributed by atoms with Crippen molar-refractivity contribution < 1.29 is 4.79 Å². The molecule has 1 N–H and O–H groups in total. The molecule has 0 spiro atoms. The number of carbonyl (C=O) groups excluding carboxylic acids is 1. The van der Waals surface area contributed by atoms with Crippen LogP contribution in [0, 0.1) is 6.92 Å². The zero-order valence-corrected chi connectivity index (χ0v) is 16.7. The Morgan fingerprint density at radius 2 is 2.10 bits per heavy atom. The molecule has 150 valence electrons. The number of benzene rings is 1. The van der Waals surface area contributed by atoms with E-state index in [0.717, 1.165) is 43.7 Å². The van der Waals surface area contributed by atoms with Crippen LogP contribution in [0.4, 0.5) is 0 Å². The van der Waals surface area contributed by atoms with E-state index in [9.17, 15) is 9.59 Å². The lowest BCUT2D eigenvalue weighted by atomic mass is 10.0. The van der Waals surface area contributed by atoms with Crippen molar-refractivity contribution >= 4 is 16.8 Å². The molecule has 1 atom stereocenters. The number of aryl methyl sites for hydroxylation is 1. The Morgan fingerprint density at radius 1 is 1.24 bits per heavy atom. The smallest absolute Gasteiger partial charge is 0.240 e. The predicted molar refractivity (Wildman–Crippen MR) is 114 cm³/mol. The molecule has 2 aromatic heterocycles. The molecule has 3 aromatic rings. The van der Waals surface area contributed by atoms with E-state index in [1.54, 1.807) is 12.3 Å². The largest absolute Gasteiger partial charge is 0.351 e. The summed E-state index contributed by atoms with van der Waals surface area (Å²) in [5.41, 5.74) is 2.78. The maximum atomic E-state index is 12.8. The number of pyridine rings is 2. The number of fused-ring (bicyclic) bond motifs is 1. The van der Waals surface area contributed by atoms with E-state index in [4.69, 9.17) is 0 Å². The van der Waals surface area contributed by atoms with Crippen LogP contribution in [0.2, 0.25) is 0 Å². The lowest BCUT2D eigenvalue weighted by Gasteiger charge is -2.33. The fourth-order valence-corrected chi connectivity index (χ4v) is 4.15. The molecule has 1 aliphatic heterocycles. The Bertz CT molecular complexity index is 1060. The standard InChI is InChI=1S/C23H26N4O2/c1-17-12-22(28)20-8-2-3-9-21(20)27(17)16-23(29)25-19-7-5-11-26(15-19)14-18-6-4-10-24-13-18/h2-4,6,8-10,12-13,19H,5,7,11,14-16H2,1H3,(H,25,29)/t19-/m0/s1. The summed E-state index contributed by atoms with van der Waals surface area (Å²) in [6.45, 7) is 4.81. The van der Waals surface area contributed by atoms with Gasteiger partial charge in [-0.15, -0.1) is 0 Å². The highest BCUT2D eigenvalue weighted by atomic mass is 16.2. The predicted octanol–water partition coefficient (Wildman–Crippen LogP) is 2.49. The third-order valence-corrected chi connectivity index (χ3v) is 5.53. The molecule has 6 nitrogen and oxygen atoms in total. The summed E-state index contributed by atoms with van der Waals surface area (Å²) in [6.07, 6.45) is 5.72. The van der Waals surface area contributed by atoms with Gasteiger partial charge < -0.3 is 9.88 Å². The summed E-state index contributed by atoms with van der Waals surface area (Å²) in [4.78, 5) is 31.6. The van der Waals surface area contributed by atoms with E-state index in [0.29, 0.717) is 5.39 Å². The van der Waals surface area contributed by atoms with E-state index < -0.39 is 0 Å². The number of piperidine rings is 1. The van der Waals surface area contributed by atoms with Crippen molar-refractivity contribution in [2.75, 3.05) is 13.1 Å². The molecular weight excluding hydrogens is 364 g/mol. The van der Waals surface area contributed by atoms with Crippen LogP contribution in [-0.4, -0.2) is 39.5 Å². The Hall–Kier alpha value is -2.99. The zero-order chi connectivity index (χ0) is 20.2. The van der Waals surface area contributed by atoms with Crippen molar-refractivity contribution in [3.8, 4) is 0 Å². The van der Waals surface area contributed by atoms with Gasteiger partial charge in [-0.1, -0.05) is 18.2 Å². The molecule has 0 unspecified atom stereocenters. The first-order chi connectivity index (χ1) is 14.1. The van der Waals surface area contributed by atoms with Crippen molar-refractivity contribution in [2.24, 2.45) is 0 Å². The van der Waals surface area contributed by atoms with Crippen LogP contribution < -0.4 is 10.7 Å². The molecule has 1 aliphatic rings. The molecule has 0 bridgehead atoms. The average Bonchev–Trinajstić information content (AvgIpc) is 2.72. The number of hydrogen-bond acceptors (Lipinski definition) is 4. The van der Waals surface area contributed by atoms with Crippen LogP contribution >= 0.6 is 0 Å². The van der Waals surface area contributed by atoms with Gasteiger partial charge in [0.25, 0.3) is 0 Å². The molecule has 1 fully saturated rings. The van der Waals surface area contributed by atoms with Gasteiger partial charge in [-0.2, -0.15) is 0 Å². The number of aromatic nitrogens is 2. The summed E-state index contributed by atoms with van der Waals surface area (Å²) in [6, 6.07) is 13.2.